The fraction of sp³-hybridized carbons (Fsp3) is 0.815. The quantitative estimate of drug-likeness (QED) is 0.677. The summed E-state index contributed by atoms with van der Waals surface area (Å²) >= 11 is 0. The highest BCUT2D eigenvalue weighted by Gasteiger charge is 2.61. The number of hydrogen-bond acceptors (Lipinski definition) is 3. The van der Waals surface area contributed by atoms with E-state index in [-0.39, 0.29) is 17.6 Å². The molecule has 1 heterocycles. The van der Waals surface area contributed by atoms with E-state index < -0.39 is 0 Å². The van der Waals surface area contributed by atoms with Crippen molar-refractivity contribution in [2.24, 2.45) is 34.5 Å². The summed E-state index contributed by atoms with van der Waals surface area (Å²) in [5.74, 6) is 2.75. The van der Waals surface area contributed by atoms with Crippen LogP contribution in [0.2, 0.25) is 0 Å². The molecule has 4 heteroatoms. The number of nitrogens with zero attached hydrogens (tertiary/aromatic N) is 2. The highest BCUT2D eigenvalue weighted by Crippen LogP contribution is 2.67. The predicted molar refractivity (Wildman–Crippen MR) is 124 cm³/mol. The molecule has 0 spiro atoms. The summed E-state index contributed by atoms with van der Waals surface area (Å²) in [7, 11) is 0. The van der Waals surface area contributed by atoms with Gasteiger partial charge in [-0.05, 0) is 113 Å². The lowest BCUT2D eigenvalue weighted by atomic mass is 9.45. The Bertz CT molecular complexity index is 888. The number of rotatable bonds is 2. The van der Waals surface area contributed by atoms with E-state index in [1.165, 1.54) is 42.5 Å². The van der Waals surface area contributed by atoms with Gasteiger partial charge >= 0.3 is 0 Å². The summed E-state index contributed by atoms with van der Waals surface area (Å²) < 4.78 is 2.08. The Morgan fingerprint density at radius 1 is 1.03 bits per heavy atom. The van der Waals surface area contributed by atoms with Crippen LogP contribution in [-0.4, -0.2) is 32.2 Å². The topological polar surface area (TPSA) is 58.3 Å². The Morgan fingerprint density at radius 3 is 2.48 bits per heavy atom. The Labute approximate surface area is 188 Å². The third kappa shape index (κ3) is 3.11. The molecule has 0 saturated heterocycles. The zero-order valence-corrected chi connectivity index (χ0v) is 20.2. The van der Waals surface area contributed by atoms with Crippen LogP contribution >= 0.6 is 0 Å². The second-order valence-corrected chi connectivity index (χ2v) is 11.9. The second-order valence-electron chi connectivity index (χ2n) is 11.9. The van der Waals surface area contributed by atoms with Gasteiger partial charge in [-0.25, -0.2) is 0 Å². The van der Waals surface area contributed by atoms with Crippen LogP contribution in [0.4, 0.5) is 0 Å². The van der Waals surface area contributed by atoms with Crippen molar-refractivity contribution >= 4 is 6.08 Å². The van der Waals surface area contributed by atoms with Crippen molar-refractivity contribution in [3.8, 4) is 0 Å². The van der Waals surface area contributed by atoms with Crippen LogP contribution in [0.5, 0.6) is 0 Å². The molecule has 4 fully saturated rings. The van der Waals surface area contributed by atoms with Gasteiger partial charge in [0.15, 0.2) is 0 Å². The van der Waals surface area contributed by atoms with Gasteiger partial charge in [0, 0.05) is 23.2 Å². The van der Waals surface area contributed by atoms with E-state index in [1.54, 1.807) is 0 Å². The largest absolute Gasteiger partial charge is 0.393 e. The SMILES string of the molecule is CCn1nc(C)c(/C=C2/CC3C4CCC5CC(O)CCC5(C)C4CCC3(C)C2O)c1C. The van der Waals surface area contributed by atoms with Crippen LogP contribution in [0.15, 0.2) is 5.57 Å². The van der Waals surface area contributed by atoms with E-state index in [0.29, 0.717) is 17.3 Å². The highest BCUT2D eigenvalue weighted by atomic mass is 16.3. The van der Waals surface area contributed by atoms with Crippen molar-refractivity contribution in [3.05, 3.63) is 22.5 Å². The first-order valence-corrected chi connectivity index (χ1v) is 12.8. The third-order valence-corrected chi connectivity index (χ3v) is 10.6. The van der Waals surface area contributed by atoms with Crippen molar-refractivity contribution in [2.75, 3.05) is 0 Å². The molecule has 2 N–H and O–H groups in total. The minimum atomic E-state index is -0.332. The van der Waals surface area contributed by atoms with Crippen LogP contribution < -0.4 is 0 Å². The van der Waals surface area contributed by atoms with Crippen molar-refractivity contribution in [1.82, 2.24) is 9.78 Å². The Morgan fingerprint density at radius 2 is 1.77 bits per heavy atom. The highest BCUT2D eigenvalue weighted by molar-refractivity contribution is 5.59. The van der Waals surface area contributed by atoms with Gasteiger partial charge in [0.1, 0.15) is 0 Å². The Kier molecular flexibility index (Phi) is 5.21. The first-order valence-electron chi connectivity index (χ1n) is 12.8. The van der Waals surface area contributed by atoms with Crippen LogP contribution in [0.1, 0.15) is 89.1 Å². The zero-order chi connectivity index (χ0) is 22.1. The maximum atomic E-state index is 11.5. The van der Waals surface area contributed by atoms with Crippen LogP contribution in [-0.2, 0) is 6.54 Å². The smallest absolute Gasteiger partial charge is 0.0809 e. The van der Waals surface area contributed by atoms with Crippen molar-refractivity contribution in [1.29, 1.82) is 0 Å². The molecule has 0 bridgehead atoms. The van der Waals surface area contributed by atoms with Gasteiger partial charge < -0.3 is 10.2 Å². The second kappa shape index (κ2) is 7.45. The van der Waals surface area contributed by atoms with E-state index in [4.69, 9.17) is 5.10 Å². The summed E-state index contributed by atoms with van der Waals surface area (Å²) in [6.45, 7) is 12.2. The van der Waals surface area contributed by atoms with E-state index in [0.717, 1.165) is 49.8 Å². The molecule has 1 aromatic heterocycles. The fourth-order valence-corrected chi connectivity index (χ4v) is 8.65. The van der Waals surface area contributed by atoms with E-state index >= 15 is 0 Å². The molecular weight excluding hydrogens is 384 g/mol. The summed E-state index contributed by atoms with van der Waals surface area (Å²) in [5, 5.41) is 26.5. The maximum absolute atomic E-state index is 11.5. The minimum Gasteiger partial charge on any atom is -0.393 e. The fourth-order valence-electron chi connectivity index (χ4n) is 8.65. The molecular formula is C27H42N2O2. The molecule has 4 aliphatic carbocycles. The van der Waals surface area contributed by atoms with E-state index in [1.807, 2.05) is 0 Å². The lowest BCUT2D eigenvalue weighted by Gasteiger charge is -2.60. The molecule has 0 aromatic carbocycles. The molecule has 0 aliphatic heterocycles. The maximum Gasteiger partial charge on any atom is 0.0809 e. The van der Waals surface area contributed by atoms with Gasteiger partial charge in [0.25, 0.3) is 0 Å². The summed E-state index contributed by atoms with van der Waals surface area (Å²) in [4.78, 5) is 0. The average molecular weight is 427 g/mol. The number of aliphatic hydroxyl groups is 2. The summed E-state index contributed by atoms with van der Waals surface area (Å²) in [6.07, 6.45) is 11.0. The lowest BCUT2D eigenvalue weighted by molar-refractivity contribution is -0.133. The van der Waals surface area contributed by atoms with Crippen molar-refractivity contribution in [2.45, 2.75) is 105 Å². The number of hydrogen-bond donors (Lipinski definition) is 2. The van der Waals surface area contributed by atoms with Crippen LogP contribution in [0, 0.1) is 48.3 Å². The van der Waals surface area contributed by atoms with Crippen molar-refractivity contribution in [3.63, 3.8) is 0 Å². The Balaban J connectivity index is 1.46. The zero-order valence-electron chi connectivity index (χ0n) is 20.2. The van der Waals surface area contributed by atoms with E-state index in [9.17, 15) is 10.2 Å². The summed E-state index contributed by atoms with van der Waals surface area (Å²) in [6, 6.07) is 0. The summed E-state index contributed by atoms with van der Waals surface area (Å²) in [5.41, 5.74) is 5.13. The van der Waals surface area contributed by atoms with Crippen molar-refractivity contribution < 1.29 is 10.2 Å². The number of aliphatic hydroxyl groups excluding tert-OH is 2. The van der Waals surface area contributed by atoms with Gasteiger partial charge in [-0.1, -0.05) is 13.8 Å². The molecule has 0 amide bonds. The normalized spacial score (nSPS) is 46.0. The van der Waals surface area contributed by atoms with Gasteiger partial charge in [-0.15, -0.1) is 0 Å². The number of fused-ring (bicyclic) bond motifs is 5. The molecule has 4 nitrogen and oxygen atoms in total. The molecule has 0 radical (unpaired) electrons. The monoisotopic (exact) mass is 426 g/mol. The molecule has 5 rings (SSSR count). The molecule has 31 heavy (non-hydrogen) atoms. The number of aryl methyl sites for hydroxylation is 2. The third-order valence-electron chi connectivity index (χ3n) is 10.6. The predicted octanol–water partition coefficient (Wildman–Crippen LogP) is 5.28. The molecule has 8 atom stereocenters. The lowest BCUT2D eigenvalue weighted by Crippen LogP contribution is -2.54. The molecule has 172 valence electrons. The van der Waals surface area contributed by atoms with Crippen LogP contribution in [0.3, 0.4) is 0 Å². The number of aromatic nitrogens is 2. The van der Waals surface area contributed by atoms with Gasteiger partial charge in [-0.3, -0.25) is 4.68 Å². The first-order chi connectivity index (χ1) is 14.7. The molecule has 8 unspecified atom stereocenters. The molecule has 4 aliphatic rings. The average Bonchev–Trinajstić information content (AvgIpc) is 3.16. The molecule has 1 aromatic rings. The van der Waals surface area contributed by atoms with Gasteiger partial charge in [0.2, 0.25) is 0 Å². The van der Waals surface area contributed by atoms with E-state index in [2.05, 4.69) is 45.4 Å². The molecule has 4 saturated carbocycles. The van der Waals surface area contributed by atoms with Crippen LogP contribution in [0.25, 0.3) is 6.08 Å². The van der Waals surface area contributed by atoms with Gasteiger partial charge in [0.05, 0.1) is 17.9 Å². The minimum absolute atomic E-state index is 0.00688. The Hall–Kier alpha value is -1.13. The van der Waals surface area contributed by atoms with Gasteiger partial charge in [-0.2, -0.15) is 5.10 Å². The standard InChI is InChI=1S/C27H42N2O2/c1-6-29-17(3)22(16(2)28-29)13-18-14-24-21-8-7-19-15-20(30)9-11-26(19,4)23(21)10-12-27(24,5)25(18)31/h13,19-21,23-25,30-31H,6-12,14-15H2,1-5H3/b18-13-. The first kappa shape index (κ1) is 21.7.